The van der Waals surface area contributed by atoms with Crippen molar-refractivity contribution in [1.29, 1.82) is 5.26 Å². The maximum Gasteiger partial charge on any atom is 0.259 e. The van der Waals surface area contributed by atoms with Crippen LogP contribution in [0.3, 0.4) is 0 Å². The summed E-state index contributed by atoms with van der Waals surface area (Å²) in [5, 5.41) is 20.0. The van der Waals surface area contributed by atoms with Gasteiger partial charge in [0, 0.05) is 28.7 Å². The zero-order valence-electron chi connectivity index (χ0n) is 20.4. The van der Waals surface area contributed by atoms with E-state index in [1.54, 1.807) is 53.6 Å². The molecule has 6 rings (SSSR count). The van der Waals surface area contributed by atoms with Crippen LogP contribution in [-0.4, -0.2) is 32.7 Å². The van der Waals surface area contributed by atoms with Gasteiger partial charge in [-0.1, -0.05) is 17.7 Å². The fraction of sp³-hybridized carbons (Fsp3) is 0.179. The summed E-state index contributed by atoms with van der Waals surface area (Å²) < 4.78 is 15.3. The number of hydrogen-bond acceptors (Lipinski definition) is 5. The second-order valence-corrected chi connectivity index (χ2v) is 10.3. The van der Waals surface area contributed by atoms with Crippen LogP contribution in [0.25, 0.3) is 10.9 Å². The van der Waals surface area contributed by atoms with Gasteiger partial charge in [-0.25, -0.2) is 4.39 Å². The smallest absolute Gasteiger partial charge is 0.259 e. The summed E-state index contributed by atoms with van der Waals surface area (Å²) in [6, 6.07) is 16.5. The van der Waals surface area contributed by atoms with Gasteiger partial charge in [0.25, 0.3) is 11.8 Å². The highest BCUT2D eigenvalue weighted by Gasteiger charge is 2.59. The molecule has 2 heterocycles. The van der Waals surface area contributed by atoms with E-state index in [2.05, 4.69) is 15.5 Å². The van der Waals surface area contributed by atoms with Crippen LogP contribution in [0.2, 0.25) is 5.02 Å². The molecule has 2 aliphatic rings. The van der Waals surface area contributed by atoms with Crippen LogP contribution in [0.4, 0.5) is 15.8 Å². The Bertz CT molecular complexity index is 1730. The summed E-state index contributed by atoms with van der Waals surface area (Å²) >= 11 is 12.0. The number of carbonyl (C=O) groups excluding carboxylic acids is 2. The number of rotatable bonds is 5. The maximum atomic E-state index is 15.3. The number of halogens is 2. The molecule has 0 radical (unpaired) electrons. The van der Waals surface area contributed by atoms with Crippen LogP contribution < -0.4 is 15.1 Å². The SMILES string of the molecule is N#Cc1ccc(N2C(=O)C3(CCC3)N(c3ccc(CNC(=O)c4ccc5[nH]ncc5c4)c(F)c3)C2=S)cc1Cl. The third kappa shape index (κ3) is 4.02. The van der Waals surface area contributed by atoms with Gasteiger partial charge in [0.15, 0.2) is 5.11 Å². The van der Waals surface area contributed by atoms with Crippen molar-refractivity contribution >= 4 is 63.0 Å². The van der Waals surface area contributed by atoms with Crippen LogP contribution >= 0.6 is 23.8 Å². The van der Waals surface area contributed by atoms with Gasteiger partial charge in [0.1, 0.15) is 17.4 Å². The highest BCUT2D eigenvalue weighted by atomic mass is 35.5. The predicted molar refractivity (Wildman–Crippen MR) is 149 cm³/mol. The van der Waals surface area contributed by atoms with Gasteiger partial charge >= 0.3 is 0 Å². The molecular formula is C28H20ClFN6O2S. The first-order valence-corrected chi connectivity index (χ1v) is 13.0. The summed E-state index contributed by atoms with van der Waals surface area (Å²) in [4.78, 5) is 29.4. The second-order valence-electron chi connectivity index (χ2n) is 9.55. The molecule has 1 aliphatic heterocycles. The topological polar surface area (TPSA) is 105 Å². The third-order valence-electron chi connectivity index (χ3n) is 7.36. The number of aromatic amines is 1. The number of nitrogens with one attached hydrogen (secondary N) is 2. The normalized spacial score (nSPS) is 16.0. The molecule has 39 heavy (non-hydrogen) atoms. The Morgan fingerprint density at radius 2 is 1.97 bits per heavy atom. The van der Waals surface area contributed by atoms with Crippen molar-refractivity contribution in [3.05, 3.63) is 88.3 Å². The van der Waals surface area contributed by atoms with E-state index in [4.69, 9.17) is 23.8 Å². The predicted octanol–water partition coefficient (Wildman–Crippen LogP) is 5.22. The van der Waals surface area contributed by atoms with Crippen molar-refractivity contribution in [1.82, 2.24) is 15.5 Å². The Kier molecular flexibility index (Phi) is 6.05. The molecule has 11 heteroatoms. The van der Waals surface area contributed by atoms with Crippen LogP contribution in [0.5, 0.6) is 0 Å². The van der Waals surface area contributed by atoms with E-state index in [-0.39, 0.29) is 28.5 Å². The number of nitrogens with zero attached hydrogens (tertiary/aromatic N) is 4. The van der Waals surface area contributed by atoms with Crippen molar-refractivity contribution in [3.63, 3.8) is 0 Å². The van der Waals surface area contributed by atoms with E-state index >= 15 is 4.39 Å². The van der Waals surface area contributed by atoms with E-state index in [9.17, 15) is 14.9 Å². The van der Waals surface area contributed by atoms with E-state index in [0.29, 0.717) is 40.9 Å². The second kappa shape index (κ2) is 9.45. The zero-order valence-corrected chi connectivity index (χ0v) is 21.9. The number of thiocarbonyl (C=S) groups is 1. The Hall–Kier alpha value is -4.33. The van der Waals surface area contributed by atoms with Crippen molar-refractivity contribution in [2.45, 2.75) is 31.3 Å². The molecule has 1 saturated carbocycles. The molecule has 194 valence electrons. The zero-order chi connectivity index (χ0) is 27.3. The van der Waals surface area contributed by atoms with Crippen molar-refractivity contribution < 1.29 is 14.0 Å². The number of fused-ring (bicyclic) bond motifs is 1. The quantitative estimate of drug-likeness (QED) is 0.325. The first kappa shape index (κ1) is 25.0. The number of anilines is 2. The summed E-state index contributed by atoms with van der Waals surface area (Å²) in [5.41, 5.74) is 1.86. The maximum absolute atomic E-state index is 15.3. The van der Waals surface area contributed by atoms with Crippen LogP contribution in [-0.2, 0) is 11.3 Å². The van der Waals surface area contributed by atoms with Gasteiger partial charge in [0.05, 0.1) is 28.0 Å². The molecule has 1 aromatic heterocycles. The lowest BCUT2D eigenvalue weighted by molar-refractivity contribution is -0.123. The van der Waals surface area contributed by atoms with Crippen LogP contribution in [0.15, 0.2) is 60.8 Å². The Morgan fingerprint density at radius 3 is 2.67 bits per heavy atom. The average molecular weight is 559 g/mol. The highest BCUT2D eigenvalue weighted by Crippen LogP contribution is 2.48. The fourth-order valence-corrected chi connectivity index (χ4v) is 5.81. The van der Waals surface area contributed by atoms with Gasteiger partial charge in [-0.15, -0.1) is 0 Å². The Morgan fingerprint density at radius 1 is 1.18 bits per heavy atom. The molecule has 2 N–H and O–H groups in total. The van der Waals surface area contributed by atoms with Gasteiger partial charge in [0.2, 0.25) is 0 Å². The molecule has 1 saturated heterocycles. The Balaban J connectivity index is 1.24. The number of benzene rings is 3. The number of hydrogen-bond donors (Lipinski definition) is 2. The lowest BCUT2D eigenvalue weighted by Gasteiger charge is -2.43. The van der Waals surface area contributed by atoms with Gasteiger partial charge < -0.3 is 10.2 Å². The standard InChI is InChI=1S/C28H20ClFN6O2S/c29-22-11-20(5-2-17(22)13-31)35-26(38)28(8-1-9-28)36(27(35)39)21-6-3-18(23(30)12-21)14-32-25(37)16-4-7-24-19(10-16)15-33-34-24/h2-7,10-12,15H,1,8-9,14H2,(H,32,37)(H,33,34). The number of carbonyl (C=O) groups is 2. The number of amides is 2. The molecule has 3 aromatic carbocycles. The summed E-state index contributed by atoms with van der Waals surface area (Å²) in [6.07, 6.45) is 3.62. The first-order valence-electron chi connectivity index (χ1n) is 12.2. The largest absolute Gasteiger partial charge is 0.348 e. The van der Waals surface area contributed by atoms with Crippen molar-refractivity contribution in [2.75, 3.05) is 9.80 Å². The van der Waals surface area contributed by atoms with Crippen LogP contribution in [0.1, 0.15) is 40.7 Å². The fourth-order valence-electron chi connectivity index (χ4n) is 5.12. The summed E-state index contributed by atoms with van der Waals surface area (Å²) in [5.74, 6) is -1.06. The van der Waals surface area contributed by atoms with Gasteiger partial charge in [-0.2, -0.15) is 10.4 Å². The molecule has 0 unspecified atom stereocenters. The molecular weight excluding hydrogens is 539 g/mol. The van der Waals surface area contributed by atoms with E-state index < -0.39 is 11.4 Å². The minimum atomic E-state index is -0.897. The van der Waals surface area contributed by atoms with Crippen LogP contribution in [0, 0.1) is 17.1 Å². The lowest BCUT2D eigenvalue weighted by atomic mass is 9.75. The molecule has 1 spiro atoms. The molecule has 8 nitrogen and oxygen atoms in total. The minimum absolute atomic E-state index is 0.0151. The molecule has 2 fully saturated rings. The van der Waals surface area contributed by atoms with E-state index in [0.717, 1.165) is 17.3 Å². The van der Waals surface area contributed by atoms with Crippen molar-refractivity contribution in [3.8, 4) is 6.07 Å². The average Bonchev–Trinajstić information content (AvgIpc) is 3.46. The van der Waals surface area contributed by atoms with Gasteiger partial charge in [-0.3, -0.25) is 19.6 Å². The Labute approximate surface area is 233 Å². The van der Waals surface area contributed by atoms with Gasteiger partial charge in [-0.05, 0) is 80.0 Å². The molecule has 1 aliphatic carbocycles. The molecule has 2 amide bonds. The van der Waals surface area contributed by atoms with E-state index in [1.807, 2.05) is 6.07 Å². The number of aromatic nitrogens is 2. The molecule has 0 bridgehead atoms. The molecule has 0 atom stereocenters. The van der Waals surface area contributed by atoms with E-state index in [1.165, 1.54) is 17.0 Å². The monoisotopic (exact) mass is 558 g/mol. The minimum Gasteiger partial charge on any atom is -0.348 e. The highest BCUT2D eigenvalue weighted by molar-refractivity contribution is 7.81. The summed E-state index contributed by atoms with van der Waals surface area (Å²) in [7, 11) is 0. The molecule has 4 aromatic rings. The third-order valence-corrected chi connectivity index (χ3v) is 8.04. The lowest BCUT2D eigenvalue weighted by Crippen LogP contribution is -2.55. The van der Waals surface area contributed by atoms with Crippen molar-refractivity contribution in [2.24, 2.45) is 0 Å². The number of H-pyrrole nitrogens is 1. The summed E-state index contributed by atoms with van der Waals surface area (Å²) in [6.45, 7) is -0.0151. The first-order chi connectivity index (χ1) is 18.8. The number of nitriles is 1.